The molecule has 0 aliphatic heterocycles. The maximum Gasteiger partial charge on any atom is 0.0931 e. The lowest BCUT2D eigenvalue weighted by Crippen LogP contribution is -2.33. The Kier molecular flexibility index (Phi) is 4.59. The van der Waals surface area contributed by atoms with Crippen LogP contribution < -0.4 is 5.32 Å². The van der Waals surface area contributed by atoms with Crippen LogP contribution in [0.2, 0.25) is 4.34 Å². The fourth-order valence-corrected chi connectivity index (χ4v) is 3.60. The van der Waals surface area contributed by atoms with E-state index in [4.69, 9.17) is 16.7 Å². The summed E-state index contributed by atoms with van der Waals surface area (Å²) in [6.45, 7) is 2.09. The van der Waals surface area contributed by atoms with Crippen molar-refractivity contribution in [3.05, 3.63) is 43.7 Å². The fourth-order valence-electron chi connectivity index (χ4n) is 1.58. The highest BCUT2D eigenvalue weighted by atomic mass is 35.5. The molecule has 0 saturated heterocycles. The molecule has 0 radical (unpaired) electrons. The van der Waals surface area contributed by atoms with Crippen LogP contribution in [0.4, 0.5) is 0 Å². The van der Waals surface area contributed by atoms with Gasteiger partial charge in [-0.1, -0.05) is 17.7 Å². The lowest BCUT2D eigenvalue weighted by molar-refractivity contribution is 0.246. The monoisotopic (exact) mass is 287 g/mol. The first-order valence-corrected chi connectivity index (χ1v) is 7.43. The van der Waals surface area contributed by atoms with Gasteiger partial charge in [0.1, 0.15) is 0 Å². The molecule has 0 aliphatic rings. The van der Waals surface area contributed by atoms with Gasteiger partial charge >= 0.3 is 0 Å². The number of rotatable bonds is 5. The molecule has 2 N–H and O–H groups in total. The summed E-state index contributed by atoms with van der Waals surface area (Å²) in [7, 11) is 0. The summed E-state index contributed by atoms with van der Waals surface area (Å²) in [6.07, 6.45) is 0. The second-order valence-corrected chi connectivity index (χ2v) is 6.57. The molecule has 0 spiro atoms. The molecule has 0 bridgehead atoms. The van der Waals surface area contributed by atoms with Gasteiger partial charge in [0.2, 0.25) is 0 Å². The van der Waals surface area contributed by atoms with Gasteiger partial charge in [0.15, 0.2) is 0 Å². The van der Waals surface area contributed by atoms with Gasteiger partial charge in [-0.2, -0.15) is 0 Å². The summed E-state index contributed by atoms with van der Waals surface area (Å²) in [5.74, 6) is 0. The molecule has 0 amide bonds. The van der Waals surface area contributed by atoms with Crippen molar-refractivity contribution in [3.63, 3.8) is 0 Å². The number of aliphatic hydroxyl groups excluding tert-OH is 1. The van der Waals surface area contributed by atoms with Crippen molar-refractivity contribution in [1.82, 2.24) is 5.32 Å². The number of aliphatic hydroxyl groups is 1. The molecule has 5 heteroatoms. The Balaban J connectivity index is 2.24. The van der Waals surface area contributed by atoms with Crippen molar-refractivity contribution in [2.45, 2.75) is 19.0 Å². The lowest BCUT2D eigenvalue weighted by atomic mass is 10.2. The third kappa shape index (κ3) is 3.30. The van der Waals surface area contributed by atoms with Crippen LogP contribution in [0.25, 0.3) is 0 Å². The minimum Gasteiger partial charge on any atom is -0.395 e. The topological polar surface area (TPSA) is 32.3 Å². The average Bonchev–Trinajstić information content (AvgIpc) is 2.96. The molecule has 1 unspecified atom stereocenters. The minimum atomic E-state index is 0.0583. The van der Waals surface area contributed by atoms with E-state index in [0.29, 0.717) is 0 Å². The van der Waals surface area contributed by atoms with Crippen LogP contribution in [0.5, 0.6) is 0 Å². The van der Waals surface area contributed by atoms with Crippen molar-refractivity contribution in [3.8, 4) is 0 Å². The average molecular weight is 288 g/mol. The summed E-state index contributed by atoms with van der Waals surface area (Å²) in [4.78, 5) is 2.42. The van der Waals surface area contributed by atoms with Crippen LogP contribution in [0.15, 0.2) is 29.6 Å². The maximum absolute atomic E-state index is 9.15. The Morgan fingerprint density at radius 2 is 2.18 bits per heavy atom. The molecular weight excluding hydrogens is 274 g/mol. The van der Waals surface area contributed by atoms with E-state index in [9.17, 15) is 0 Å². The van der Waals surface area contributed by atoms with Gasteiger partial charge in [-0.3, -0.25) is 0 Å². The number of hydrogen-bond acceptors (Lipinski definition) is 4. The summed E-state index contributed by atoms with van der Waals surface area (Å²) in [6, 6.07) is 8.26. The van der Waals surface area contributed by atoms with Crippen molar-refractivity contribution in [2.24, 2.45) is 0 Å². The highest BCUT2D eigenvalue weighted by Gasteiger charge is 2.18. The first kappa shape index (κ1) is 13.1. The highest BCUT2D eigenvalue weighted by Crippen LogP contribution is 2.33. The molecule has 17 heavy (non-hydrogen) atoms. The van der Waals surface area contributed by atoms with E-state index in [-0.39, 0.29) is 18.7 Å². The summed E-state index contributed by atoms with van der Waals surface area (Å²) in [5.41, 5.74) is 0. The standard InChI is InChI=1S/C12H14ClNOS2/c1-8(7-15)14-12(9-3-2-6-16-9)10-4-5-11(13)17-10/h2-6,8,12,14-15H,7H2,1H3/t8-,12?/m1/s1. The molecular formula is C12H14ClNOS2. The predicted molar refractivity (Wildman–Crippen MR) is 75.2 cm³/mol. The molecule has 0 fully saturated rings. The summed E-state index contributed by atoms with van der Waals surface area (Å²) in [5, 5.41) is 14.6. The van der Waals surface area contributed by atoms with Crippen LogP contribution in [0, 0.1) is 0 Å². The van der Waals surface area contributed by atoms with Gasteiger partial charge in [0, 0.05) is 15.8 Å². The van der Waals surface area contributed by atoms with Crippen molar-refractivity contribution in [1.29, 1.82) is 0 Å². The van der Waals surface area contributed by atoms with Crippen LogP contribution >= 0.6 is 34.3 Å². The van der Waals surface area contributed by atoms with Gasteiger partial charge in [0.25, 0.3) is 0 Å². The van der Waals surface area contributed by atoms with Gasteiger partial charge in [0.05, 0.1) is 17.0 Å². The van der Waals surface area contributed by atoms with Crippen LogP contribution in [-0.4, -0.2) is 17.8 Å². The zero-order valence-electron chi connectivity index (χ0n) is 9.39. The molecule has 2 aromatic rings. The summed E-state index contributed by atoms with van der Waals surface area (Å²) >= 11 is 9.26. The third-order valence-corrected chi connectivity index (χ3v) is 4.66. The zero-order valence-corrected chi connectivity index (χ0v) is 11.8. The van der Waals surface area contributed by atoms with Gasteiger partial charge < -0.3 is 10.4 Å². The fraction of sp³-hybridized carbons (Fsp3) is 0.333. The van der Waals surface area contributed by atoms with E-state index in [0.717, 1.165) is 4.34 Å². The van der Waals surface area contributed by atoms with Gasteiger partial charge in [-0.05, 0) is 30.5 Å². The first-order chi connectivity index (χ1) is 8.20. The highest BCUT2D eigenvalue weighted by molar-refractivity contribution is 7.16. The predicted octanol–water partition coefficient (Wildman–Crippen LogP) is 3.52. The van der Waals surface area contributed by atoms with Crippen LogP contribution in [0.1, 0.15) is 22.7 Å². The van der Waals surface area contributed by atoms with E-state index in [1.807, 2.05) is 25.1 Å². The normalized spacial score (nSPS) is 14.8. The molecule has 2 atom stereocenters. The smallest absolute Gasteiger partial charge is 0.0931 e. The van der Waals surface area contributed by atoms with Crippen molar-refractivity contribution >= 4 is 34.3 Å². The number of thiophene rings is 2. The SMILES string of the molecule is C[C@H](CO)NC(c1cccs1)c1ccc(Cl)s1. The lowest BCUT2D eigenvalue weighted by Gasteiger charge is -2.20. The molecule has 2 aromatic heterocycles. The molecule has 2 rings (SSSR count). The Morgan fingerprint density at radius 3 is 2.71 bits per heavy atom. The second kappa shape index (κ2) is 5.98. The summed E-state index contributed by atoms with van der Waals surface area (Å²) < 4.78 is 0.792. The molecule has 0 aromatic carbocycles. The molecule has 0 aliphatic carbocycles. The largest absolute Gasteiger partial charge is 0.395 e. The molecule has 2 nitrogen and oxygen atoms in total. The Bertz CT molecular complexity index is 455. The number of nitrogens with one attached hydrogen (secondary N) is 1. The van der Waals surface area contributed by atoms with E-state index < -0.39 is 0 Å². The quantitative estimate of drug-likeness (QED) is 0.882. The first-order valence-electron chi connectivity index (χ1n) is 5.36. The zero-order chi connectivity index (χ0) is 12.3. The third-order valence-electron chi connectivity index (χ3n) is 2.43. The maximum atomic E-state index is 9.15. The molecule has 0 saturated carbocycles. The van der Waals surface area contributed by atoms with E-state index >= 15 is 0 Å². The number of hydrogen-bond donors (Lipinski definition) is 2. The van der Waals surface area contributed by atoms with E-state index in [1.165, 1.54) is 9.75 Å². The minimum absolute atomic E-state index is 0.0583. The van der Waals surface area contributed by atoms with Gasteiger partial charge in [-0.25, -0.2) is 0 Å². The van der Waals surface area contributed by atoms with Crippen molar-refractivity contribution in [2.75, 3.05) is 6.61 Å². The van der Waals surface area contributed by atoms with E-state index in [2.05, 4.69) is 16.8 Å². The van der Waals surface area contributed by atoms with Crippen LogP contribution in [0.3, 0.4) is 0 Å². The number of halogens is 1. The Morgan fingerprint density at radius 1 is 1.35 bits per heavy atom. The van der Waals surface area contributed by atoms with Crippen LogP contribution in [-0.2, 0) is 0 Å². The van der Waals surface area contributed by atoms with E-state index in [1.54, 1.807) is 22.7 Å². The second-order valence-electron chi connectivity index (χ2n) is 3.84. The Hall–Kier alpha value is -0.390. The molecule has 2 heterocycles. The van der Waals surface area contributed by atoms with Crippen molar-refractivity contribution < 1.29 is 5.11 Å². The van der Waals surface area contributed by atoms with Gasteiger partial charge in [-0.15, -0.1) is 22.7 Å². The Labute approximate surface area is 114 Å². The molecule has 92 valence electrons.